The van der Waals surface area contributed by atoms with Crippen LogP contribution >= 0.6 is 11.8 Å². The molecule has 0 radical (unpaired) electrons. The molecule has 17 heteroatoms. The summed E-state index contributed by atoms with van der Waals surface area (Å²) < 4.78 is 15.9. The van der Waals surface area contributed by atoms with Crippen LogP contribution in [0.1, 0.15) is 51.4 Å². The fraction of sp³-hybridized carbons (Fsp3) is 0.815. The third-order valence-electron chi connectivity index (χ3n) is 8.30. The van der Waals surface area contributed by atoms with Crippen LogP contribution in [0.2, 0.25) is 0 Å². The molecule has 0 bridgehead atoms. The number of nitrogens with one attached hydrogen (secondary N) is 3. The summed E-state index contributed by atoms with van der Waals surface area (Å²) in [6.45, 7) is -1.48. The summed E-state index contributed by atoms with van der Waals surface area (Å²) in [5.41, 5.74) is 4.53. The third kappa shape index (κ3) is 8.87. The molecule has 0 spiro atoms. The van der Waals surface area contributed by atoms with Crippen molar-refractivity contribution in [3.8, 4) is 0 Å². The SMILES string of the molecule is CNC(=O)CCCSC1CC(=O)N(CC2CCC(C(=O)NNC(=O)[C@@]3(OCO)C[C@@H](O)[C@@H](OC)C([C@H](O)CO)O3)CC2)C1=O. The standard InChI is InChI=1S/C27H44N4O12S/c1-28-20(36)4-3-9-44-19-10-21(37)31(25(19)39)12-15-5-7-16(8-6-15)24(38)29-30-26(40)27(42-14-33)11-17(34)22(41-2)23(43-27)18(35)13-32/h15-19,22-23,32-35H,3-14H2,1-2H3,(H,28,36)(H,29,38)(H,30,40)/t15?,16?,17-,18-,19?,22-,23?,27-/m1/s1. The lowest BCUT2D eigenvalue weighted by molar-refractivity contribution is -0.331. The highest BCUT2D eigenvalue weighted by atomic mass is 32.2. The summed E-state index contributed by atoms with van der Waals surface area (Å²) in [5.74, 6) is -4.19. The van der Waals surface area contributed by atoms with E-state index in [4.69, 9.17) is 14.2 Å². The van der Waals surface area contributed by atoms with E-state index in [-0.39, 0.29) is 36.6 Å². The molecular formula is C27H44N4O12S. The Morgan fingerprint density at radius 1 is 1.16 bits per heavy atom. The van der Waals surface area contributed by atoms with E-state index in [2.05, 4.69) is 16.2 Å². The molecule has 2 unspecified atom stereocenters. The van der Waals surface area contributed by atoms with Gasteiger partial charge in [-0.1, -0.05) is 0 Å². The monoisotopic (exact) mass is 648 g/mol. The Labute approximate surface area is 259 Å². The third-order valence-corrected chi connectivity index (χ3v) is 9.59. The number of carbonyl (C=O) groups excluding carboxylic acids is 5. The van der Waals surface area contributed by atoms with Gasteiger partial charge in [0.2, 0.25) is 23.6 Å². The molecule has 6 atom stereocenters. The van der Waals surface area contributed by atoms with Crippen LogP contribution in [-0.2, 0) is 38.2 Å². The van der Waals surface area contributed by atoms with Gasteiger partial charge in [-0.05, 0) is 43.8 Å². The summed E-state index contributed by atoms with van der Waals surface area (Å²) in [6.07, 6.45) is -2.77. The van der Waals surface area contributed by atoms with E-state index >= 15 is 0 Å². The molecule has 16 nitrogen and oxygen atoms in total. The number of likely N-dealkylation sites (tertiary alicyclic amines) is 1. The number of rotatable bonds is 14. The van der Waals surface area contributed by atoms with Gasteiger partial charge in [0.1, 0.15) is 25.1 Å². The predicted octanol–water partition coefficient (Wildman–Crippen LogP) is -2.49. The van der Waals surface area contributed by atoms with Crippen molar-refractivity contribution in [1.82, 2.24) is 21.1 Å². The summed E-state index contributed by atoms with van der Waals surface area (Å²) in [5, 5.41) is 41.6. The second-order valence-electron chi connectivity index (χ2n) is 11.2. The van der Waals surface area contributed by atoms with Crippen molar-refractivity contribution in [2.75, 3.05) is 39.9 Å². The van der Waals surface area contributed by atoms with Crippen LogP contribution in [0.25, 0.3) is 0 Å². The zero-order chi connectivity index (χ0) is 32.4. The van der Waals surface area contributed by atoms with Gasteiger partial charge >= 0.3 is 0 Å². The van der Waals surface area contributed by atoms with Crippen molar-refractivity contribution in [1.29, 1.82) is 0 Å². The van der Waals surface area contributed by atoms with Gasteiger partial charge in [-0.25, -0.2) is 0 Å². The van der Waals surface area contributed by atoms with Gasteiger partial charge in [-0.2, -0.15) is 0 Å². The zero-order valence-electron chi connectivity index (χ0n) is 24.9. The average Bonchev–Trinajstić information content (AvgIpc) is 3.28. The highest BCUT2D eigenvalue weighted by molar-refractivity contribution is 8.00. The number of hydrogen-bond acceptors (Lipinski definition) is 13. The lowest BCUT2D eigenvalue weighted by atomic mass is 9.81. The van der Waals surface area contributed by atoms with E-state index in [0.29, 0.717) is 44.3 Å². The Balaban J connectivity index is 1.47. The Hall–Kier alpha value is -2.38. The maximum atomic E-state index is 13.1. The quantitative estimate of drug-likeness (QED) is 0.0448. The van der Waals surface area contributed by atoms with Crippen LogP contribution in [-0.4, -0.2) is 130 Å². The van der Waals surface area contributed by atoms with E-state index in [1.807, 2.05) is 0 Å². The molecule has 2 heterocycles. The van der Waals surface area contributed by atoms with Gasteiger partial charge < -0.3 is 40.0 Å². The van der Waals surface area contributed by atoms with Gasteiger partial charge in [-0.15, -0.1) is 11.8 Å². The molecule has 2 aliphatic heterocycles. The second-order valence-corrected chi connectivity index (χ2v) is 12.5. The highest BCUT2D eigenvalue weighted by Gasteiger charge is 2.55. The van der Waals surface area contributed by atoms with Crippen molar-refractivity contribution in [2.45, 2.75) is 86.8 Å². The number of hydrogen-bond donors (Lipinski definition) is 7. The number of nitrogens with zero attached hydrogens (tertiary/aromatic N) is 1. The van der Waals surface area contributed by atoms with Crippen LogP contribution in [0.5, 0.6) is 0 Å². The summed E-state index contributed by atoms with van der Waals surface area (Å²) >= 11 is 1.39. The molecule has 7 N–H and O–H groups in total. The van der Waals surface area contributed by atoms with Gasteiger partial charge in [0.25, 0.3) is 11.7 Å². The fourth-order valence-electron chi connectivity index (χ4n) is 5.79. The molecule has 5 amide bonds. The number of carbonyl (C=O) groups is 5. The molecule has 2 saturated heterocycles. The number of methoxy groups -OCH3 is 1. The number of hydrazine groups is 1. The molecule has 3 fully saturated rings. The highest BCUT2D eigenvalue weighted by Crippen LogP contribution is 2.35. The molecule has 3 aliphatic rings. The number of thioether (sulfide) groups is 1. The van der Waals surface area contributed by atoms with E-state index in [0.717, 1.165) is 0 Å². The van der Waals surface area contributed by atoms with Gasteiger partial charge in [0, 0.05) is 45.9 Å². The Kier molecular flexibility index (Phi) is 13.8. The minimum atomic E-state index is -2.30. The number of imide groups is 1. The molecule has 0 aromatic rings. The van der Waals surface area contributed by atoms with Gasteiger partial charge in [0.05, 0.1) is 18.0 Å². The van der Waals surface area contributed by atoms with Crippen LogP contribution in [0.3, 0.4) is 0 Å². The topological polar surface area (TPSA) is 233 Å². The van der Waals surface area contributed by atoms with Crippen LogP contribution < -0.4 is 16.2 Å². The smallest absolute Gasteiger partial charge is 0.298 e. The second kappa shape index (κ2) is 16.8. The largest absolute Gasteiger partial charge is 0.394 e. The fourth-order valence-corrected chi connectivity index (χ4v) is 6.91. The first kappa shape index (κ1) is 36.1. The summed E-state index contributed by atoms with van der Waals surface area (Å²) in [4.78, 5) is 64.0. The normalized spacial score (nSPS) is 31.5. The first-order valence-corrected chi connectivity index (χ1v) is 15.7. The minimum Gasteiger partial charge on any atom is -0.394 e. The Morgan fingerprint density at radius 2 is 1.86 bits per heavy atom. The molecule has 0 aromatic heterocycles. The predicted molar refractivity (Wildman–Crippen MR) is 153 cm³/mol. The molecule has 0 aromatic carbocycles. The first-order chi connectivity index (χ1) is 21.0. The first-order valence-electron chi connectivity index (χ1n) is 14.7. The summed E-state index contributed by atoms with van der Waals surface area (Å²) in [6, 6.07) is 0. The van der Waals surface area contributed by atoms with Crippen LogP contribution in [0.15, 0.2) is 0 Å². The molecule has 1 saturated carbocycles. The zero-order valence-corrected chi connectivity index (χ0v) is 25.8. The van der Waals surface area contributed by atoms with E-state index in [1.54, 1.807) is 7.05 Å². The number of aliphatic hydroxyl groups is 4. The lowest BCUT2D eigenvalue weighted by Crippen LogP contribution is -2.66. The minimum absolute atomic E-state index is 0.0282. The molecule has 1 aliphatic carbocycles. The van der Waals surface area contributed by atoms with Crippen LogP contribution in [0.4, 0.5) is 0 Å². The maximum absolute atomic E-state index is 13.1. The number of aliphatic hydroxyl groups excluding tert-OH is 4. The summed E-state index contributed by atoms with van der Waals surface area (Å²) in [7, 11) is 2.81. The van der Waals surface area contributed by atoms with E-state index in [1.165, 1.54) is 23.8 Å². The Morgan fingerprint density at radius 3 is 2.48 bits per heavy atom. The maximum Gasteiger partial charge on any atom is 0.298 e. The van der Waals surface area contributed by atoms with Crippen molar-refractivity contribution >= 4 is 41.3 Å². The lowest BCUT2D eigenvalue weighted by Gasteiger charge is -2.45. The molecule has 250 valence electrons. The molecule has 3 rings (SSSR count). The Bertz CT molecular complexity index is 1030. The van der Waals surface area contributed by atoms with Crippen molar-refractivity contribution < 1.29 is 58.6 Å². The average molecular weight is 649 g/mol. The van der Waals surface area contributed by atoms with Gasteiger partial charge in [-0.3, -0.25) is 39.7 Å². The van der Waals surface area contributed by atoms with Gasteiger partial charge in [0.15, 0.2) is 0 Å². The van der Waals surface area contributed by atoms with Crippen LogP contribution in [0, 0.1) is 11.8 Å². The number of ether oxygens (including phenoxy) is 3. The van der Waals surface area contributed by atoms with Crippen molar-refractivity contribution in [3.63, 3.8) is 0 Å². The van der Waals surface area contributed by atoms with Crippen molar-refractivity contribution in [3.05, 3.63) is 0 Å². The van der Waals surface area contributed by atoms with Crippen molar-refractivity contribution in [2.24, 2.45) is 11.8 Å². The van der Waals surface area contributed by atoms with E-state index in [9.17, 15) is 44.4 Å². The molecular weight excluding hydrogens is 604 g/mol. The number of amides is 5. The van der Waals surface area contributed by atoms with E-state index < -0.39 is 73.0 Å². The molecule has 44 heavy (non-hydrogen) atoms.